The second-order valence-corrected chi connectivity index (χ2v) is 8.87. The van der Waals surface area contributed by atoms with Gasteiger partial charge in [-0.15, -0.1) is 0 Å². The monoisotopic (exact) mass is 453 g/mol. The van der Waals surface area contributed by atoms with Crippen LogP contribution in [0.3, 0.4) is 0 Å². The second kappa shape index (κ2) is 10.8. The zero-order valence-electron chi connectivity index (χ0n) is 19.9. The van der Waals surface area contributed by atoms with Crippen LogP contribution in [0, 0.1) is 6.92 Å². The summed E-state index contributed by atoms with van der Waals surface area (Å²) in [6.45, 7) is 3.83. The van der Waals surface area contributed by atoms with Gasteiger partial charge in [-0.3, -0.25) is 9.48 Å². The van der Waals surface area contributed by atoms with Gasteiger partial charge in [0.25, 0.3) is 0 Å². The van der Waals surface area contributed by atoms with Crippen LogP contribution in [0.4, 0.5) is 11.5 Å². The quantitative estimate of drug-likeness (QED) is 0.380. The average Bonchev–Trinajstić information content (AvgIpc) is 3.24. The number of rotatable bonds is 7. The van der Waals surface area contributed by atoms with Crippen LogP contribution in [0.2, 0.25) is 0 Å². The second-order valence-electron chi connectivity index (χ2n) is 8.87. The van der Waals surface area contributed by atoms with E-state index < -0.39 is 0 Å². The molecular weight excluding hydrogens is 418 g/mol. The summed E-state index contributed by atoms with van der Waals surface area (Å²) in [6.07, 6.45) is 10.8. The van der Waals surface area contributed by atoms with Crippen LogP contribution in [0.5, 0.6) is 5.88 Å². The van der Waals surface area contributed by atoms with Crippen LogP contribution in [-0.2, 0) is 4.79 Å². The Labute approximate surface area is 195 Å². The number of aliphatic imine (C=N–C) groups is 1. The van der Waals surface area contributed by atoms with E-state index in [1.54, 1.807) is 7.11 Å². The Morgan fingerprint density at radius 3 is 2.61 bits per heavy atom. The standard InChI is InChI=1S/C24H35N7O2/c1-17-21(15-31(29-17)19-7-5-4-6-8-19)27-23(26-16-32)20-9-10-22(28-24(20)33-3)30-13-11-18(25-2)12-14-30/h9-10,15-16,18-19,25H,4-8,11-14H2,1-3H3,(H,26,27,32). The van der Waals surface area contributed by atoms with Crippen LogP contribution in [-0.4, -0.2) is 60.3 Å². The minimum atomic E-state index is 0.404. The van der Waals surface area contributed by atoms with Gasteiger partial charge in [-0.05, 0) is 51.8 Å². The minimum absolute atomic E-state index is 0.404. The van der Waals surface area contributed by atoms with Crippen molar-refractivity contribution in [2.24, 2.45) is 4.99 Å². The van der Waals surface area contributed by atoms with Gasteiger partial charge in [0.05, 0.1) is 30.6 Å². The number of nitrogens with zero attached hydrogens (tertiary/aromatic N) is 5. The lowest BCUT2D eigenvalue weighted by atomic mass is 9.96. The van der Waals surface area contributed by atoms with Crippen molar-refractivity contribution >= 4 is 23.8 Å². The molecule has 178 valence electrons. The molecule has 1 aliphatic carbocycles. The van der Waals surface area contributed by atoms with Crippen LogP contribution in [0.15, 0.2) is 23.3 Å². The molecule has 2 aromatic rings. The summed E-state index contributed by atoms with van der Waals surface area (Å²) in [7, 11) is 3.60. The van der Waals surface area contributed by atoms with Crippen LogP contribution in [0.25, 0.3) is 0 Å². The van der Waals surface area contributed by atoms with Gasteiger partial charge >= 0.3 is 0 Å². The zero-order valence-corrected chi connectivity index (χ0v) is 19.9. The molecule has 1 saturated carbocycles. The number of methoxy groups -OCH3 is 1. The van der Waals surface area contributed by atoms with E-state index in [0.29, 0.717) is 35.8 Å². The van der Waals surface area contributed by atoms with E-state index in [9.17, 15) is 4.79 Å². The van der Waals surface area contributed by atoms with Crippen molar-refractivity contribution in [3.63, 3.8) is 0 Å². The Balaban J connectivity index is 1.60. The lowest BCUT2D eigenvalue weighted by Crippen LogP contribution is -2.41. The van der Waals surface area contributed by atoms with E-state index in [2.05, 4.69) is 15.5 Å². The SMILES string of the molecule is CNC1CCN(c2ccc(C(=Nc3cn(C4CCCCC4)nc3C)NC=O)c(OC)n2)CC1. The molecule has 0 atom stereocenters. The molecule has 0 radical (unpaired) electrons. The van der Waals surface area contributed by atoms with Crippen molar-refractivity contribution in [2.75, 3.05) is 32.1 Å². The first kappa shape index (κ1) is 23.2. The van der Waals surface area contributed by atoms with Gasteiger partial charge in [-0.1, -0.05) is 19.3 Å². The topological polar surface area (TPSA) is 96.7 Å². The largest absolute Gasteiger partial charge is 0.480 e. The van der Waals surface area contributed by atoms with Crippen LogP contribution < -0.4 is 20.3 Å². The fraction of sp³-hybridized carbons (Fsp3) is 0.583. The molecule has 1 saturated heterocycles. The Morgan fingerprint density at radius 1 is 1.18 bits per heavy atom. The van der Waals surface area contributed by atoms with Gasteiger partial charge in [-0.25, -0.2) is 4.99 Å². The number of aryl methyl sites for hydroxylation is 1. The molecule has 2 fully saturated rings. The van der Waals surface area contributed by atoms with Crippen molar-refractivity contribution in [3.05, 3.63) is 29.6 Å². The van der Waals surface area contributed by atoms with E-state index in [1.165, 1.54) is 19.3 Å². The van der Waals surface area contributed by atoms with Gasteiger partial charge in [0.2, 0.25) is 12.3 Å². The first-order valence-electron chi connectivity index (χ1n) is 11.9. The molecule has 9 heteroatoms. The Kier molecular flexibility index (Phi) is 7.59. The highest BCUT2D eigenvalue weighted by Gasteiger charge is 2.22. The number of piperidine rings is 1. The number of anilines is 1. The number of hydrogen-bond acceptors (Lipinski definition) is 7. The number of carbonyl (C=O) groups is 1. The molecule has 2 aromatic heterocycles. The fourth-order valence-electron chi connectivity index (χ4n) is 4.80. The van der Waals surface area contributed by atoms with Gasteiger partial charge in [0, 0.05) is 19.1 Å². The smallest absolute Gasteiger partial charge is 0.226 e. The number of amidine groups is 1. The maximum absolute atomic E-state index is 11.4. The molecule has 9 nitrogen and oxygen atoms in total. The Morgan fingerprint density at radius 2 is 1.94 bits per heavy atom. The van der Waals surface area contributed by atoms with Crippen molar-refractivity contribution in [1.82, 2.24) is 25.4 Å². The number of aromatic nitrogens is 3. The molecule has 0 spiro atoms. The third kappa shape index (κ3) is 5.35. The number of ether oxygens (including phenoxy) is 1. The highest BCUT2D eigenvalue weighted by Crippen LogP contribution is 2.31. The van der Waals surface area contributed by atoms with E-state index in [-0.39, 0.29) is 0 Å². The molecule has 0 bridgehead atoms. The third-order valence-corrected chi connectivity index (χ3v) is 6.79. The molecule has 4 rings (SSSR count). The predicted octanol–water partition coefficient (Wildman–Crippen LogP) is 3.11. The summed E-state index contributed by atoms with van der Waals surface area (Å²) in [5.74, 6) is 1.71. The zero-order chi connectivity index (χ0) is 23.2. The van der Waals surface area contributed by atoms with Gasteiger partial charge in [0.15, 0.2) is 0 Å². The van der Waals surface area contributed by atoms with E-state index in [0.717, 1.165) is 56.0 Å². The highest BCUT2D eigenvalue weighted by atomic mass is 16.5. The molecule has 0 aromatic carbocycles. The molecule has 3 heterocycles. The number of carbonyl (C=O) groups excluding carboxylic acids is 1. The molecular formula is C24H35N7O2. The van der Waals surface area contributed by atoms with Crippen molar-refractivity contribution in [3.8, 4) is 5.88 Å². The van der Waals surface area contributed by atoms with Crippen molar-refractivity contribution in [2.45, 2.75) is 64.0 Å². The summed E-state index contributed by atoms with van der Waals surface area (Å²) >= 11 is 0. The first-order valence-corrected chi connectivity index (χ1v) is 11.9. The summed E-state index contributed by atoms with van der Waals surface area (Å²) < 4.78 is 7.65. The van der Waals surface area contributed by atoms with E-state index in [1.807, 2.05) is 37.0 Å². The van der Waals surface area contributed by atoms with Crippen molar-refractivity contribution in [1.29, 1.82) is 0 Å². The first-order chi connectivity index (χ1) is 16.1. The number of nitrogens with one attached hydrogen (secondary N) is 2. The van der Waals surface area contributed by atoms with E-state index in [4.69, 9.17) is 19.8 Å². The lowest BCUT2D eigenvalue weighted by Gasteiger charge is -2.32. The molecule has 0 unspecified atom stereocenters. The molecule has 1 amide bonds. The predicted molar refractivity (Wildman–Crippen MR) is 130 cm³/mol. The van der Waals surface area contributed by atoms with E-state index >= 15 is 0 Å². The number of pyridine rings is 1. The molecule has 33 heavy (non-hydrogen) atoms. The Hall–Kier alpha value is -2.94. The maximum atomic E-state index is 11.4. The normalized spacial score (nSPS) is 18.4. The van der Waals surface area contributed by atoms with Crippen LogP contribution >= 0.6 is 0 Å². The molecule has 1 aliphatic heterocycles. The number of amides is 1. The van der Waals surface area contributed by atoms with Gasteiger partial charge in [-0.2, -0.15) is 10.1 Å². The fourth-order valence-corrected chi connectivity index (χ4v) is 4.80. The van der Waals surface area contributed by atoms with Crippen LogP contribution in [0.1, 0.15) is 62.2 Å². The van der Waals surface area contributed by atoms with Gasteiger partial charge < -0.3 is 20.3 Å². The average molecular weight is 454 g/mol. The maximum Gasteiger partial charge on any atom is 0.226 e. The minimum Gasteiger partial charge on any atom is -0.480 e. The third-order valence-electron chi connectivity index (χ3n) is 6.79. The highest BCUT2D eigenvalue weighted by molar-refractivity contribution is 6.06. The summed E-state index contributed by atoms with van der Waals surface area (Å²) in [5.41, 5.74) is 2.22. The summed E-state index contributed by atoms with van der Waals surface area (Å²) in [6, 6.07) is 4.86. The van der Waals surface area contributed by atoms with Gasteiger partial charge in [0.1, 0.15) is 17.3 Å². The molecule has 2 N–H and O–H groups in total. The summed E-state index contributed by atoms with van der Waals surface area (Å²) in [4.78, 5) is 23.2. The number of hydrogen-bond donors (Lipinski definition) is 2. The Bertz CT molecular complexity index is 973. The van der Waals surface area contributed by atoms with Crippen molar-refractivity contribution < 1.29 is 9.53 Å². The summed E-state index contributed by atoms with van der Waals surface area (Å²) in [5, 5.41) is 10.8. The lowest BCUT2D eigenvalue weighted by molar-refractivity contribution is -0.108. The molecule has 2 aliphatic rings.